The number of ketones is 1. The van der Waals surface area contributed by atoms with Crippen LogP contribution in [0.5, 0.6) is 0 Å². The maximum Gasteiger partial charge on any atom is 0.310 e. The molecular formula is C25H25ClN2O4. The smallest absolute Gasteiger partial charge is 0.310 e. The van der Waals surface area contributed by atoms with Crippen LogP contribution in [0, 0.1) is 0 Å². The summed E-state index contributed by atoms with van der Waals surface area (Å²) in [7, 11) is 1.59. The van der Waals surface area contributed by atoms with Crippen LogP contribution in [0.25, 0.3) is 10.9 Å². The van der Waals surface area contributed by atoms with Crippen LogP contribution in [0.2, 0.25) is 5.02 Å². The molecule has 1 fully saturated rings. The SMILES string of the molecule is CN(C(=O)COC(=O)Cc1c[nH]c2ccccc12)C1(c2ccccc2Cl)CCCCC1=O. The first-order chi connectivity index (χ1) is 15.4. The number of carbonyl (C=O) groups excluding carboxylic acids is 3. The van der Waals surface area contributed by atoms with E-state index in [0.717, 1.165) is 29.3 Å². The number of likely N-dealkylation sites (N-methyl/N-ethyl adjacent to an activating group) is 1. The van der Waals surface area contributed by atoms with Crippen LogP contribution in [0.3, 0.4) is 0 Å². The lowest BCUT2D eigenvalue weighted by molar-refractivity contribution is -0.157. The van der Waals surface area contributed by atoms with Crippen LogP contribution in [0.1, 0.15) is 36.8 Å². The average Bonchev–Trinajstić information content (AvgIpc) is 3.21. The number of ether oxygens (including phenoxy) is 1. The van der Waals surface area contributed by atoms with Gasteiger partial charge in [0.1, 0.15) is 5.54 Å². The molecule has 4 rings (SSSR count). The van der Waals surface area contributed by atoms with Gasteiger partial charge in [-0.1, -0.05) is 48.0 Å². The Morgan fingerprint density at radius 2 is 1.88 bits per heavy atom. The Morgan fingerprint density at radius 3 is 2.66 bits per heavy atom. The van der Waals surface area contributed by atoms with Gasteiger partial charge in [0.2, 0.25) is 0 Å². The van der Waals surface area contributed by atoms with Gasteiger partial charge in [0, 0.05) is 41.2 Å². The minimum absolute atomic E-state index is 0.0437. The van der Waals surface area contributed by atoms with E-state index in [2.05, 4.69) is 4.98 Å². The molecule has 0 aliphatic heterocycles. The number of nitrogens with zero attached hydrogens (tertiary/aromatic N) is 1. The number of aromatic amines is 1. The monoisotopic (exact) mass is 452 g/mol. The number of aromatic nitrogens is 1. The van der Waals surface area contributed by atoms with Gasteiger partial charge in [-0.05, 0) is 37.0 Å². The van der Waals surface area contributed by atoms with E-state index < -0.39 is 24.0 Å². The first-order valence-electron chi connectivity index (χ1n) is 10.7. The van der Waals surface area contributed by atoms with Gasteiger partial charge < -0.3 is 14.6 Å². The fourth-order valence-corrected chi connectivity index (χ4v) is 4.86. The second-order valence-electron chi connectivity index (χ2n) is 8.12. The zero-order valence-corrected chi connectivity index (χ0v) is 18.7. The quantitative estimate of drug-likeness (QED) is 0.562. The van der Waals surface area contributed by atoms with Crippen molar-refractivity contribution < 1.29 is 19.1 Å². The number of carbonyl (C=O) groups is 3. The first-order valence-corrected chi connectivity index (χ1v) is 11.1. The van der Waals surface area contributed by atoms with Gasteiger partial charge in [0.25, 0.3) is 5.91 Å². The normalized spacial score (nSPS) is 18.5. The van der Waals surface area contributed by atoms with Crippen molar-refractivity contribution in [1.29, 1.82) is 0 Å². The van der Waals surface area contributed by atoms with Gasteiger partial charge >= 0.3 is 5.97 Å². The Morgan fingerprint density at radius 1 is 1.12 bits per heavy atom. The van der Waals surface area contributed by atoms with Crippen molar-refractivity contribution in [1.82, 2.24) is 9.88 Å². The van der Waals surface area contributed by atoms with E-state index in [-0.39, 0.29) is 12.2 Å². The molecule has 1 atom stereocenters. The summed E-state index contributed by atoms with van der Waals surface area (Å²) in [6, 6.07) is 14.8. The van der Waals surface area contributed by atoms with Crippen molar-refractivity contribution >= 4 is 40.2 Å². The standard InChI is InChI=1S/C25H25ClN2O4/c1-28(25(13-7-6-12-22(25)29)19-9-3-4-10-20(19)26)23(30)16-32-24(31)14-17-15-27-21-11-5-2-8-18(17)21/h2-5,8-11,15,27H,6-7,12-14,16H2,1H3. The molecule has 1 aromatic heterocycles. The third-order valence-electron chi connectivity index (χ3n) is 6.29. The lowest BCUT2D eigenvalue weighted by Crippen LogP contribution is -2.55. The molecule has 1 heterocycles. The number of rotatable bonds is 6. The van der Waals surface area contributed by atoms with Crippen LogP contribution >= 0.6 is 11.6 Å². The molecule has 1 N–H and O–H groups in total. The second-order valence-corrected chi connectivity index (χ2v) is 8.53. The van der Waals surface area contributed by atoms with Crippen molar-refractivity contribution in [2.24, 2.45) is 0 Å². The number of halogens is 1. The van der Waals surface area contributed by atoms with Crippen LogP contribution in [-0.4, -0.2) is 41.2 Å². The number of hydrogen-bond acceptors (Lipinski definition) is 4. The molecule has 0 spiro atoms. The highest BCUT2D eigenvalue weighted by Crippen LogP contribution is 2.42. The molecule has 1 saturated carbocycles. The number of esters is 1. The Bertz CT molecular complexity index is 1170. The molecule has 32 heavy (non-hydrogen) atoms. The predicted molar refractivity (Wildman–Crippen MR) is 122 cm³/mol. The molecule has 6 nitrogen and oxygen atoms in total. The van der Waals surface area contributed by atoms with Gasteiger partial charge in [-0.15, -0.1) is 0 Å². The van der Waals surface area contributed by atoms with E-state index in [9.17, 15) is 14.4 Å². The summed E-state index contributed by atoms with van der Waals surface area (Å²) in [4.78, 5) is 43.1. The minimum atomic E-state index is -1.14. The fraction of sp³-hybridized carbons (Fsp3) is 0.320. The van der Waals surface area contributed by atoms with E-state index in [1.165, 1.54) is 4.90 Å². The van der Waals surface area contributed by atoms with Crippen LogP contribution in [-0.2, 0) is 31.1 Å². The molecule has 0 bridgehead atoms. The summed E-state index contributed by atoms with van der Waals surface area (Å²) in [6.07, 6.45) is 4.27. The van der Waals surface area contributed by atoms with Gasteiger partial charge in [0.05, 0.1) is 6.42 Å². The summed E-state index contributed by atoms with van der Waals surface area (Å²) in [5, 5.41) is 1.39. The molecule has 3 aromatic rings. The minimum Gasteiger partial charge on any atom is -0.455 e. The zero-order valence-electron chi connectivity index (χ0n) is 17.9. The Hall–Kier alpha value is -3.12. The van der Waals surface area contributed by atoms with E-state index in [4.69, 9.17) is 16.3 Å². The predicted octanol–water partition coefficient (Wildman–Crippen LogP) is 4.40. The van der Waals surface area contributed by atoms with Crippen LogP contribution in [0.15, 0.2) is 54.7 Å². The molecule has 0 radical (unpaired) electrons. The summed E-state index contributed by atoms with van der Waals surface area (Å²) < 4.78 is 5.30. The number of hydrogen-bond donors (Lipinski definition) is 1. The van der Waals surface area contributed by atoms with Crippen LogP contribution in [0.4, 0.5) is 0 Å². The Labute approximate surface area is 191 Å². The molecule has 1 unspecified atom stereocenters. The van der Waals surface area contributed by atoms with E-state index in [0.29, 0.717) is 23.4 Å². The van der Waals surface area contributed by atoms with E-state index in [1.54, 1.807) is 31.4 Å². The van der Waals surface area contributed by atoms with Gasteiger partial charge in [-0.2, -0.15) is 0 Å². The molecule has 0 saturated heterocycles. The van der Waals surface area contributed by atoms with Gasteiger partial charge in [0.15, 0.2) is 12.4 Å². The van der Waals surface area contributed by atoms with E-state index >= 15 is 0 Å². The first kappa shape index (κ1) is 22.1. The maximum absolute atomic E-state index is 13.1. The summed E-state index contributed by atoms with van der Waals surface area (Å²) in [5.41, 5.74) is 1.22. The number of para-hydroxylation sites is 1. The number of nitrogens with one attached hydrogen (secondary N) is 1. The number of amides is 1. The number of Topliss-reactive ketones (excluding diaryl/α,β-unsaturated/α-hetero) is 1. The second kappa shape index (κ2) is 9.17. The number of H-pyrrole nitrogens is 1. The summed E-state index contributed by atoms with van der Waals surface area (Å²) in [6.45, 7) is -0.433. The van der Waals surface area contributed by atoms with Crippen LogP contribution < -0.4 is 0 Å². The lowest BCUT2D eigenvalue weighted by Gasteiger charge is -2.43. The molecule has 2 aromatic carbocycles. The molecule has 1 aliphatic rings. The highest BCUT2D eigenvalue weighted by Gasteiger charge is 2.48. The molecule has 7 heteroatoms. The van der Waals surface area contributed by atoms with E-state index in [1.807, 2.05) is 30.3 Å². The molecule has 1 amide bonds. The lowest BCUT2D eigenvalue weighted by atomic mass is 9.74. The topological polar surface area (TPSA) is 79.5 Å². The van der Waals surface area contributed by atoms with Crippen molar-refractivity contribution in [2.75, 3.05) is 13.7 Å². The Balaban J connectivity index is 1.48. The largest absolute Gasteiger partial charge is 0.455 e. The number of benzene rings is 2. The maximum atomic E-state index is 13.1. The molecule has 166 valence electrons. The third kappa shape index (κ3) is 4.02. The highest BCUT2D eigenvalue weighted by molar-refractivity contribution is 6.31. The van der Waals surface area contributed by atoms with Crippen molar-refractivity contribution in [2.45, 2.75) is 37.6 Å². The highest BCUT2D eigenvalue weighted by atomic mass is 35.5. The van der Waals surface area contributed by atoms with Crippen molar-refractivity contribution in [3.8, 4) is 0 Å². The zero-order chi connectivity index (χ0) is 22.7. The summed E-state index contributed by atoms with van der Waals surface area (Å²) >= 11 is 6.44. The number of fused-ring (bicyclic) bond motifs is 1. The fourth-order valence-electron chi connectivity index (χ4n) is 4.57. The molecule has 1 aliphatic carbocycles. The van der Waals surface area contributed by atoms with Crippen molar-refractivity contribution in [3.05, 3.63) is 70.9 Å². The Kier molecular flexibility index (Phi) is 6.33. The third-order valence-corrected chi connectivity index (χ3v) is 6.62. The molecular weight excluding hydrogens is 428 g/mol. The summed E-state index contributed by atoms with van der Waals surface area (Å²) in [5.74, 6) is -0.983. The average molecular weight is 453 g/mol. The van der Waals surface area contributed by atoms with Crippen molar-refractivity contribution in [3.63, 3.8) is 0 Å². The van der Waals surface area contributed by atoms with Gasteiger partial charge in [-0.25, -0.2) is 0 Å². The van der Waals surface area contributed by atoms with Gasteiger partial charge in [-0.3, -0.25) is 14.4 Å².